The molecule has 0 heterocycles. The zero-order valence-corrected chi connectivity index (χ0v) is 11.8. The van der Waals surface area contributed by atoms with Crippen molar-refractivity contribution in [2.45, 2.75) is 11.0 Å². The molecule has 0 aromatic heterocycles. The summed E-state index contributed by atoms with van der Waals surface area (Å²) in [5, 5.41) is 10.3. The first-order chi connectivity index (χ1) is 8.63. The molecule has 0 spiro atoms. The Kier molecular flexibility index (Phi) is 7.46. The van der Waals surface area contributed by atoms with Gasteiger partial charge in [0.05, 0.1) is 30.9 Å². The minimum absolute atomic E-state index is 0.295. The molecule has 0 radical (unpaired) electrons. The molecular weight excluding hydrogens is 274 g/mol. The van der Waals surface area contributed by atoms with Crippen molar-refractivity contribution < 1.29 is 14.6 Å². The summed E-state index contributed by atoms with van der Waals surface area (Å²) in [6, 6.07) is 5.34. The number of aliphatic hydroxyl groups excluding tert-OH is 1. The van der Waals surface area contributed by atoms with Crippen molar-refractivity contribution in [1.82, 2.24) is 0 Å². The predicted molar refractivity (Wildman–Crippen MR) is 75.3 cm³/mol. The molecule has 1 rings (SSSR count). The molecule has 0 aliphatic carbocycles. The second-order valence-corrected chi connectivity index (χ2v) is 5.19. The molecule has 18 heavy (non-hydrogen) atoms. The smallest absolute Gasteiger partial charge is 0.0867 e. The van der Waals surface area contributed by atoms with Gasteiger partial charge in [-0.05, 0) is 18.2 Å². The van der Waals surface area contributed by atoms with Crippen LogP contribution in [0, 0.1) is 0 Å². The number of thioether (sulfide) groups is 1. The van der Waals surface area contributed by atoms with Crippen molar-refractivity contribution in [3.8, 4) is 0 Å². The van der Waals surface area contributed by atoms with Crippen molar-refractivity contribution in [3.05, 3.63) is 23.2 Å². The molecule has 0 fully saturated rings. The third-order valence-corrected chi connectivity index (χ3v) is 3.77. The Hall–Kier alpha value is -0.460. The van der Waals surface area contributed by atoms with E-state index >= 15 is 0 Å². The van der Waals surface area contributed by atoms with Crippen LogP contribution in [-0.2, 0) is 9.47 Å². The quantitative estimate of drug-likeness (QED) is 0.436. The maximum absolute atomic E-state index is 9.70. The van der Waals surface area contributed by atoms with Gasteiger partial charge in [0.25, 0.3) is 0 Å². The van der Waals surface area contributed by atoms with Crippen LogP contribution >= 0.6 is 23.4 Å². The molecule has 102 valence electrons. The zero-order chi connectivity index (χ0) is 13.4. The molecule has 6 heteroatoms. The van der Waals surface area contributed by atoms with Crippen LogP contribution in [0.4, 0.5) is 5.69 Å². The number of benzene rings is 1. The van der Waals surface area contributed by atoms with E-state index in [1.54, 1.807) is 19.2 Å². The van der Waals surface area contributed by atoms with E-state index in [-0.39, 0.29) is 0 Å². The van der Waals surface area contributed by atoms with E-state index in [1.807, 2.05) is 6.07 Å². The second kappa shape index (κ2) is 8.61. The average molecular weight is 292 g/mol. The number of hydrogen-bond acceptors (Lipinski definition) is 5. The standard InChI is InChI=1S/C12H18ClNO3S/c1-16-4-5-17-7-10(15)8-18-12-3-2-9(14)6-11(12)13/h2-3,6,10,15H,4-5,7-8,14H2,1H3. The van der Waals surface area contributed by atoms with Crippen LogP contribution in [0.15, 0.2) is 23.1 Å². The molecule has 0 aliphatic rings. The molecule has 3 N–H and O–H groups in total. The lowest BCUT2D eigenvalue weighted by atomic mass is 10.3. The molecule has 1 aromatic carbocycles. The minimum Gasteiger partial charge on any atom is -0.399 e. The number of anilines is 1. The third kappa shape index (κ3) is 5.93. The Bertz CT molecular complexity index is 365. The van der Waals surface area contributed by atoms with E-state index in [2.05, 4.69) is 0 Å². The van der Waals surface area contributed by atoms with E-state index in [0.717, 1.165) is 4.90 Å². The van der Waals surface area contributed by atoms with Crippen molar-refractivity contribution >= 4 is 29.1 Å². The number of rotatable bonds is 8. The van der Waals surface area contributed by atoms with Crippen LogP contribution in [0.2, 0.25) is 5.02 Å². The minimum atomic E-state index is -0.527. The van der Waals surface area contributed by atoms with Crippen LogP contribution in [0.5, 0.6) is 0 Å². The molecule has 0 amide bonds. The number of halogens is 1. The largest absolute Gasteiger partial charge is 0.399 e. The first-order valence-corrected chi connectivity index (χ1v) is 6.92. The monoisotopic (exact) mass is 291 g/mol. The summed E-state index contributed by atoms with van der Waals surface area (Å²) in [6.45, 7) is 1.31. The first-order valence-electron chi connectivity index (χ1n) is 5.56. The number of nitrogen functional groups attached to an aromatic ring is 1. The average Bonchev–Trinajstić information content (AvgIpc) is 2.33. The lowest BCUT2D eigenvalue weighted by Gasteiger charge is -2.11. The van der Waals surface area contributed by atoms with Gasteiger partial charge in [-0.25, -0.2) is 0 Å². The number of methoxy groups -OCH3 is 1. The topological polar surface area (TPSA) is 64.7 Å². The number of hydrogen-bond donors (Lipinski definition) is 2. The fourth-order valence-electron chi connectivity index (χ4n) is 1.23. The van der Waals surface area contributed by atoms with Crippen LogP contribution in [0.25, 0.3) is 0 Å². The van der Waals surface area contributed by atoms with Gasteiger partial charge in [0, 0.05) is 23.4 Å². The summed E-state index contributed by atoms with van der Waals surface area (Å²) >= 11 is 7.51. The van der Waals surface area contributed by atoms with Crippen LogP contribution in [0.3, 0.4) is 0 Å². The van der Waals surface area contributed by atoms with E-state index in [4.69, 9.17) is 26.8 Å². The molecular formula is C12H18ClNO3S. The summed E-state index contributed by atoms with van der Waals surface area (Å²) in [4.78, 5) is 0.904. The van der Waals surface area contributed by atoms with Gasteiger partial charge in [0.2, 0.25) is 0 Å². The Morgan fingerprint density at radius 1 is 1.44 bits per heavy atom. The van der Waals surface area contributed by atoms with Gasteiger partial charge < -0.3 is 20.3 Å². The third-order valence-electron chi connectivity index (χ3n) is 2.13. The lowest BCUT2D eigenvalue weighted by Crippen LogP contribution is -2.19. The molecule has 0 saturated carbocycles. The van der Waals surface area contributed by atoms with Gasteiger partial charge in [-0.1, -0.05) is 11.6 Å². The Morgan fingerprint density at radius 3 is 2.89 bits per heavy atom. The number of ether oxygens (including phenoxy) is 2. The van der Waals surface area contributed by atoms with Gasteiger partial charge in [-0.2, -0.15) is 0 Å². The van der Waals surface area contributed by atoms with E-state index in [0.29, 0.717) is 36.3 Å². The SMILES string of the molecule is COCCOCC(O)CSc1ccc(N)cc1Cl. The van der Waals surface area contributed by atoms with Crippen molar-refractivity contribution in [2.24, 2.45) is 0 Å². The summed E-state index contributed by atoms with van der Waals surface area (Å²) in [5.41, 5.74) is 6.23. The highest BCUT2D eigenvalue weighted by molar-refractivity contribution is 7.99. The van der Waals surface area contributed by atoms with Gasteiger partial charge in [-0.15, -0.1) is 11.8 Å². The van der Waals surface area contributed by atoms with Gasteiger partial charge in [-0.3, -0.25) is 0 Å². The van der Waals surface area contributed by atoms with Crippen molar-refractivity contribution in [1.29, 1.82) is 0 Å². The number of aliphatic hydroxyl groups is 1. The fourth-order valence-corrected chi connectivity index (χ4v) is 2.41. The van der Waals surface area contributed by atoms with Crippen LogP contribution < -0.4 is 5.73 Å². The lowest BCUT2D eigenvalue weighted by molar-refractivity contribution is 0.0218. The van der Waals surface area contributed by atoms with E-state index in [1.165, 1.54) is 11.8 Å². The van der Waals surface area contributed by atoms with Gasteiger partial charge >= 0.3 is 0 Å². The Labute approximate surface area is 116 Å². The summed E-state index contributed by atoms with van der Waals surface area (Å²) in [6.07, 6.45) is -0.527. The maximum atomic E-state index is 9.70. The van der Waals surface area contributed by atoms with Crippen molar-refractivity contribution in [3.63, 3.8) is 0 Å². The molecule has 1 atom stereocenters. The molecule has 0 saturated heterocycles. The zero-order valence-electron chi connectivity index (χ0n) is 10.3. The summed E-state index contributed by atoms with van der Waals surface area (Å²) < 4.78 is 10.1. The summed E-state index contributed by atoms with van der Waals surface area (Å²) in [5.74, 6) is 0.524. The summed E-state index contributed by atoms with van der Waals surface area (Å²) in [7, 11) is 1.61. The van der Waals surface area contributed by atoms with Crippen molar-refractivity contribution in [2.75, 3.05) is 38.4 Å². The molecule has 4 nitrogen and oxygen atoms in total. The highest BCUT2D eigenvalue weighted by atomic mass is 35.5. The number of nitrogens with two attached hydrogens (primary N) is 1. The molecule has 0 bridgehead atoms. The Balaban J connectivity index is 2.27. The maximum Gasteiger partial charge on any atom is 0.0867 e. The van der Waals surface area contributed by atoms with Crippen LogP contribution in [-0.4, -0.2) is 43.9 Å². The molecule has 1 unspecified atom stereocenters. The fraction of sp³-hybridized carbons (Fsp3) is 0.500. The second-order valence-electron chi connectivity index (χ2n) is 3.72. The normalized spacial score (nSPS) is 12.6. The molecule has 1 aromatic rings. The van der Waals surface area contributed by atoms with E-state index in [9.17, 15) is 5.11 Å². The predicted octanol–water partition coefficient (Wildman–Crippen LogP) is 2.04. The van der Waals surface area contributed by atoms with E-state index < -0.39 is 6.10 Å². The van der Waals surface area contributed by atoms with Crippen LogP contribution in [0.1, 0.15) is 0 Å². The first kappa shape index (κ1) is 15.6. The van der Waals surface area contributed by atoms with Gasteiger partial charge in [0.1, 0.15) is 0 Å². The Morgan fingerprint density at radius 2 is 2.22 bits per heavy atom. The van der Waals surface area contributed by atoms with Gasteiger partial charge in [0.15, 0.2) is 0 Å². The molecule has 0 aliphatic heterocycles. The highest BCUT2D eigenvalue weighted by Crippen LogP contribution is 2.29. The highest BCUT2D eigenvalue weighted by Gasteiger charge is 2.07.